The molecule has 3 rings (SSSR count). The molecule has 1 aromatic carbocycles. The molecule has 3 aromatic rings. The molecule has 2 aromatic heterocycles. The molecule has 0 aliphatic heterocycles. The molecular weight excluding hydrogens is 386 g/mol. The van der Waals surface area contributed by atoms with Gasteiger partial charge in [0.1, 0.15) is 23.9 Å². The number of pyridine rings is 1. The van der Waals surface area contributed by atoms with Crippen LogP contribution in [0.2, 0.25) is 0 Å². The van der Waals surface area contributed by atoms with Gasteiger partial charge >= 0.3 is 0 Å². The van der Waals surface area contributed by atoms with Crippen LogP contribution in [0.3, 0.4) is 0 Å². The van der Waals surface area contributed by atoms with E-state index in [4.69, 9.17) is 9.26 Å². The predicted molar refractivity (Wildman–Crippen MR) is 96.6 cm³/mol. The minimum absolute atomic E-state index is 0.191. The molecule has 128 valence electrons. The summed E-state index contributed by atoms with van der Waals surface area (Å²) in [6, 6.07) is 11.2. The summed E-state index contributed by atoms with van der Waals surface area (Å²) >= 11 is 3.30. The second kappa shape index (κ2) is 7.48. The second-order valence-electron chi connectivity index (χ2n) is 5.44. The van der Waals surface area contributed by atoms with Crippen molar-refractivity contribution < 1.29 is 14.1 Å². The molecule has 6 nitrogen and oxygen atoms in total. The van der Waals surface area contributed by atoms with E-state index in [1.54, 1.807) is 25.3 Å². The first-order valence-corrected chi connectivity index (χ1v) is 8.40. The lowest BCUT2D eigenvalue weighted by Crippen LogP contribution is -2.16. The molecule has 0 saturated carbocycles. The number of benzene rings is 1. The maximum absolute atomic E-state index is 12.5. The summed E-state index contributed by atoms with van der Waals surface area (Å²) in [7, 11) is 0. The van der Waals surface area contributed by atoms with Gasteiger partial charge in [-0.05, 0) is 53.5 Å². The van der Waals surface area contributed by atoms with Gasteiger partial charge in [-0.3, -0.25) is 4.79 Å². The number of aryl methyl sites for hydroxylation is 2. The maximum atomic E-state index is 12.5. The third-order valence-electron chi connectivity index (χ3n) is 3.63. The molecule has 7 heteroatoms. The van der Waals surface area contributed by atoms with Crippen molar-refractivity contribution in [2.75, 3.05) is 5.32 Å². The lowest BCUT2D eigenvalue weighted by Gasteiger charge is -2.09. The standard InChI is InChI=1S/C18H16BrN3O3/c1-11-5-3-4-6-15(11)24-10-14-12(2)25-22-17(14)18(23)21-16-8-7-13(19)9-20-16/h3-9H,10H2,1-2H3,(H,20,21,23). The Hall–Kier alpha value is -2.67. The van der Waals surface area contributed by atoms with Crippen LogP contribution >= 0.6 is 15.9 Å². The Balaban J connectivity index is 1.75. The van der Waals surface area contributed by atoms with Crippen LogP contribution in [0.5, 0.6) is 5.75 Å². The van der Waals surface area contributed by atoms with Crippen molar-refractivity contribution >= 4 is 27.7 Å². The topological polar surface area (TPSA) is 77.2 Å². The summed E-state index contributed by atoms with van der Waals surface area (Å²) in [5, 5.41) is 6.56. The van der Waals surface area contributed by atoms with Crippen molar-refractivity contribution in [1.82, 2.24) is 10.1 Å². The van der Waals surface area contributed by atoms with Crippen LogP contribution in [0.4, 0.5) is 5.82 Å². The highest BCUT2D eigenvalue weighted by atomic mass is 79.9. The number of nitrogens with zero attached hydrogens (tertiary/aromatic N) is 2. The van der Waals surface area contributed by atoms with E-state index >= 15 is 0 Å². The van der Waals surface area contributed by atoms with E-state index in [0.29, 0.717) is 17.1 Å². The van der Waals surface area contributed by atoms with Crippen LogP contribution in [0.15, 0.2) is 51.6 Å². The molecule has 0 aliphatic carbocycles. The number of para-hydroxylation sites is 1. The SMILES string of the molecule is Cc1ccccc1OCc1c(C(=O)Nc2ccc(Br)cn2)noc1C. The van der Waals surface area contributed by atoms with Gasteiger partial charge in [0.2, 0.25) is 0 Å². The van der Waals surface area contributed by atoms with Crippen LogP contribution in [0.25, 0.3) is 0 Å². The van der Waals surface area contributed by atoms with E-state index in [-0.39, 0.29) is 12.3 Å². The lowest BCUT2D eigenvalue weighted by molar-refractivity contribution is 0.101. The molecule has 0 spiro atoms. The molecule has 0 aliphatic rings. The number of carbonyl (C=O) groups is 1. The number of aromatic nitrogens is 2. The van der Waals surface area contributed by atoms with E-state index in [1.165, 1.54) is 0 Å². The van der Waals surface area contributed by atoms with Crippen molar-refractivity contribution in [1.29, 1.82) is 0 Å². The zero-order chi connectivity index (χ0) is 17.8. The maximum Gasteiger partial charge on any atom is 0.279 e. The first-order valence-electron chi connectivity index (χ1n) is 7.61. The van der Waals surface area contributed by atoms with Gasteiger partial charge in [0.15, 0.2) is 5.69 Å². The molecule has 0 atom stereocenters. The van der Waals surface area contributed by atoms with E-state index in [0.717, 1.165) is 15.8 Å². The number of carbonyl (C=O) groups excluding carboxylic acids is 1. The van der Waals surface area contributed by atoms with E-state index in [9.17, 15) is 4.79 Å². The van der Waals surface area contributed by atoms with Gasteiger partial charge in [0, 0.05) is 10.7 Å². The van der Waals surface area contributed by atoms with Crippen molar-refractivity contribution in [3.63, 3.8) is 0 Å². The number of halogens is 1. The third-order valence-corrected chi connectivity index (χ3v) is 4.10. The van der Waals surface area contributed by atoms with Crippen LogP contribution in [-0.2, 0) is 6.61 Å². The molecule has 0 saturated heterocycles. The highest BCUT2D eigenvalue weighted by Crippen LogP contribution is 2.21. The number of amides is 1. The van der Waals surface area contributed by atoms with Gasteiger partial charge in [-0.15, -0.1) is 0 Å². The number of anilines is 1. The summed E-state index contributed by atoms with van der Waals surface area (Å²) in [6.45, 7) is 3.90. The quantitative estimate of drug-likeness (QED) is 0.690. The largest absolute Gasteiger partial charge is 0.488 e. The fourth-order valence-corrected chi connectivity index (χ4v) is 2.47. The molecular formula is C18H16BrN3O3. The number of hydrogen-bond donors (Lipinski definition) is 1. The van der Waals surface area contributed by atoms with Gasteiger partial charge in [-0.25, -0.2) is 4.98 Å². The lowest BCUT2D eigenvalue weighted by atomic mass is 10.2. The van der Waals surface area contributed by atoms with Crippen LogP contribution < -0.4 is 10.1 Å². The fourth-order valence-electron chi connectivity index (χ4n) is 2.23. The number of nitrogens with one attached hydrogen (secondary N) is 1. The second-order valence-corrected chi connectivity index (χ2v) is 6.35. The number of hydrogen-bond acceptors (Lipinski definition) is 5. The molecule has 25 heavy (non-hydrogen) atoms. The van der Waals surface area contributed by atoms with Crippen LogP contribution in [0, 0.1) is 13.8 Å². The predicted octanol–water partition coefficient (Wildman–Crippen LogP) is 4.28. The van der Waals surface area contributed by atoms with E-state index in [2.05, 4.69) is 31.4 Å². The van der Waals surface area contributed by atoms with E-state index in [1.807, 2.05) is 31.2 Å². The van der Waals surface area contributed by atoms with Crippen molar-refractivity contribution in [2.24, 2.45) is 0 Å². The summed E-state index contributed by atoms with van der Waals surface area (Å²) in [5.74, 6) is 1.33. The fraction of sp³-hybridized carbons (Fsp3) is 0.167. The Morgan fingerprint density at radius 2 is 2.04 bits per heavy atom. The molecule has 1 N–H and O–H groups in total. The zero-order valence-electron chi connectivity index (χ0n) is 13.7. The normalized spacial score (nSPS) is 10.5. The Labute approximate surface area is 153 Å². The summed E-state index contributed by atoms with van der Waals surface area (Å²) in [6.07, 6.45) is 1.60. The molecule has 0 unspecified atom stereocenters. The third kappa shape index (κ3) is 4.06. The minimum atomic E-state index is -0.393. The first-order chi connectivity index (χ1) is 12.0. The zero-order valence-corrected chi connectivity index (χ0v) is 15.3. The van der Waals surface area contributed by atoms with Gasteiger partial charge in [0.25, 0.3) is 5.91 Å². The van der Waals surface area contributed by atoms with Gasteiger partial charge in [-0.2, -0.15) is 0 Å². The molecule has 1 amide bonds. The average molecular weight is 402 g/mol. The average Bonchev–Trinajstić information content (AvgIpc) is 2.97. The number of ether oxygens (including phenoxy) is 1. The number of rotatable bonds is 5. The van der Waals surface area contributed by atoms with Crippen LogP contribution in [-0.4, -0.2) is 16.0 Å². The molecule has 2 heterocycles. The highest BCUT2D eigenvalue weighted by molar-refractivity contribution is 9.10. The summed E-state index contributed by atoms with van der Waals surface area (Å²) < 4.78 is 11.8. The Kier molecular flexibility index (Phi) is 5.14. The monoisotopic (exact) mass is 401 g/mol. The van der Waals surface area contributed by atoms with Crippen molar-refractivity contribution in [2.45, 2.75) is 20.5 Å². The van der Waals surface area contributed by atoms with E-state index < -0.39 is 5.91 Å². The van der Waals surface area contributed by atoms with Gasteiger partial charge in [-0.1, -0.05) is 23.4 Å². The van der Waals surface area contributed by atoms with Crippen molar-refractivity contribution in [3.05, 3.63) is 69.6 Å². The molecule has 0 radical (unpaired) electrons. The molecule has 0 bridgehead atoms. The Morgan fingerprint density at radius 3 is 2.76 bits per heavy atom. The smallest absolute Gasteiger partial charge is 0.279 e. The summed E-state index contributed by atoms with van der Waals surface area (Å²) in [4.78, 5) is 16.6. The highest BCUT2D eigenvalue weighted by Gasteiger charge is 2.21. The van der Waals surface area contributed by atoms with Gasteiger partial charge in [0.05, 0.1) is 5.56 Å². The summed E-state index contributed by atoms with van der Waals surface area (Å²) in [5.41, 5.74) is 1.82. The minimum Gasteiger partial charge on any atom is -0.488 e. The Bertz CT molecular complexity index is 891. The van der Waals surface area contributed by atoms with Gasteiger partial charge < -0.3 is 14.6 Å². The first kappa shape index (κ1) is 17.2. The molecule has 0 fully saturated rings. The Morgan fingerprint density at radius 1 is 1.24 bits per heavy atom. The van der Waals surface area contributed by atoms with Crippen molar-refractivity contribution in [3.8, 4) is 5.75 Å². The van der Waals surface area contributed by atoms with Crippen LogP contribution in [0.1, 0.15) is 27.4 Å².